The van der Waals surface area contributed by atoms with E-state index in [9.17, 15) is 0 Å². The lowest BCUT2D eigenvalue weighted by Gasteiger charge is -2.13. The molecular weight excluding hydrogens is 270 g/mol. The zero-order chi connectivity index (χ0) is 14.4. The van der Waals surface area contributed by atoms with Crippen molar-refractivity contribution in [3.05, 3.63) is 53.5 Å². The molecule has 0 fully saturated rings. The first-order chi connectivity index (χ1) is 9.72. The van der Waals surface area contributed by atoms with E-state index in [4.69, 9.17) is 9.15 Å². The van der Waals surface area contributed by atoms with Crippen LogP contribution < -0.4 is 10.1 Å². The Kier molecular flexibility index (Phi) is 5.56. The first-order valence-corrected chi connectivity index (χ1v) is 8.06. The summed E-state index contributed by atoms with van der Waals surface area (Å²) in [6.45, 7) is 2.88. The van der Waals surface area contributed by atoms with Crippen LogP contribution in [0.1, 0.15) is 30.0 Å². The molecule has 108 valence electrons. The van der Waals surface area contributed by atoms with E-state index in [1.54, 1.807) is 18.9 Å². The van der Waals surface area contributed by atoms with E-state index in [1.807, 2.05) is 24.3 Å². The van der Waals surface area contributed by atoms with E-state index in [1.165, 1.54) is 5.56 Å². The Morgan fingerprint density at radius 1 is 1.15 bits per heavy atom. The van der Waals surface area contributed by atoms with Gasteiger partial charge in [-0.05, 0) is 43.0 Å². The molecule has 1 atom stereocenters. The molecule has 0 radical (unpaired) electrons. The topological polar surface area (TPSA) is 34.4 Å². The fourth-order valence-corrected chi connectivity index (χ4v) is 2.44. The first-order valence-electron chi connectivity index (χ1n) is 6.66. The van der Waals surface area contributed by atoms with E-state index in [2.05, 4.69) is 30.6 Å². The van der Waals surface area contributed by atoms with E-state index >= 15 is 0 Å². The van der Waals surface area contributed by atoms with Crippen LogP contribution in [-0.2, 0) is 12.3 Å². The lowest BCUT2D eigenvalue weighted by molar-refractivity contribution is 0.414. The summed E-state index contributed by atoms with van der Waals surface area (Å²) in [5.41, 5.74) is 1.24. The van der Waals surface area contributed by atoms with Crippen molar-refractivity contribution in [2.45, 2.75) is 25.3 Å². The fourth-order valence-electron chi connectivity index (χ4n) is 2.00. The fraction of sp³-hybridized carbons (Fsp3) is 0.375. The van der Waals surface area contributed by atoms with Crippen LogP contribution in [0.3, 0.4) is 0 Å². The second-order valence-electron chi connectivity index (χ2n) is 4.68. The Bertz CT molecular complexity index is 522. The third-order valence-corrected chi connectivity index (χ3v) is 3.78. The predicted molar refractivity (Wildman–Crippen MR) is 84.2 cm³/mol. The van der Waals surface area contributed by atoms with Gasteiger partial charge in [-0.15, -0.1) is 0 Å². The highest BCUT2D eigenvalue weighted by atomic mass is 32.2. The molecular formula is C16H21NO2S. The van der Waals surface area contributed by atoms with Crippen molar-refractivity contribution in [1.29, 1.82) is 0 Å². The SMILES string of the molecule is COc1ccc([C@@H](C)NCc2ccc(CSC)o2)cc1. The summed E-state index contributed by atoms with van der Waals surface area (Å²) in [5.74, 6) is 3.82. The zero-order valence-corrected chi connectivity index (χ0v) is 13.0. The van der Waals surface area contributed by atoms with Crippen molar-refractivity contribution in [2.75, 3.05) is 13.4 Å². The predicted octanol–water partition coefficient (Wildman–Crippen LogP) is 4.00. The Morgan fingerprint density at radius 3 is 2.50 bits per heavy atom. The van der Waals surface area contributed by atoms with Crippen molar-refractivity contribution in [2.24, 2.45) is 0 Å². The maximum atomic E-state index is 5.74. The molecule has 0 aliphatic rings. The summed E-state index contributed by atoms with van der Waals surface area (Å²) in [6, 6.07) is 12.5. The van der Waals surface area contributed by atoms with Crippen molar-refractivity contribution >= 4 is 11.8 Å². The van der Waals surface area contributed by atoms with Crippen LogP contribution in [0.2, 0.25) is 0 Å². The Balaban J connectivity index is 1.88. The second-order valence-corrected chi connectivity index (χ2v) is 5.54. The number of hydrogen-bond donors (Lipinski definition) is 1. The van der Waals surface area contributed by atoms with E-state index in [0.29, 0.717) is 0 Å². The zero-order valence-electron chi connectivity index (χ0n) is 12.2. The standard InChI is InChI=1S/C16H21NO2S/c1-12(13-4-6-14(18-2)7-5-13)17-10-15-8-9-16(19-15)11-20-3/h4-9,12,17H,10-11H2,1-3H3/t12-/m1/s1. The number of methoxy groups -OCH3 is 1. The highest BCUT2D eigenvalue weighted by Crippen LogP contribution is 2.18. The Labute approximate surface area is 124 Å². The molecule has 0 saturated carbocycles. The molecule has 3 nitrogen and oxygen atoms in total. The molecule has 0 bridgehead atoms. The number of rotatable bonds is 7. The summed E-state index contributed by atoms with van der Waals surface area (Å²) >= 11 is 1.77. The van der Waals surface area contributed by atoms with Crippen LogP contribution in [-0.4, -0.2) is 13.4 Å². The Morgan fingerprint density at radius 2 is 1.85 bits per heavy atom. The molecule has 0 saturated heterocycles. The normalized spacial score (nSPS) is 12.3. The molecule has 2 aromatic rings. The van der Waals surface area contributed by atoms with E-state index in [-0.39, 0.29) is 6.04 Å². The second kappa shape index (κ2) is 7.41. The minimum atomic E-state index is 0.273. The summed E-state index contributed by atoms with van der Waals surface area (Å²) in [5, 5.41) is 3.47. The molecule has 0 amide bonds. The number of nitrogens with one attached hydrogen (secondary N) is 1. The number of furan rings is 1. The highest BCUT2D eigenvalue weighted by molar-refractivity contribution is 7.97. The third kappa shape index (κ3) is 4.05. The monoisotopic (exact) mass is 291 g/mol. The Hall–Kier alpha value is -1.39. The molecule has 4 heteroatoms. The van der Waals surface area contributed by atoms with Gasteiger partial charge in [-0.2, -0.15) is 11.8 Å². The molecule has 20 heavy (non-hydrogen) atoms. The lowest BCUT2D eigenvalue weighted by atomic mass is 10.1. The van der Waals surface area contributed by atoms with Crippen LogP contribution in [0, 0.1) is 0 Å². The maximum absolute atomic E-state index is 5.74. The van der Waals surface area contributed by atoms with Gasteiger partial charge < -0.3 is 14.5 Å². The molecule has 0 unspecified atom stereocenters. The number of benzene rings is 1. The largest absolute Gasteiger partial charge is 0.497 e. The maximum Gasteiger partial charge on any atom is 0.118 e. The quantitative estimate of drug-likeness (QED) is 0.836. The summed E-state index contributed by atoms with van der Waals surface area (Å²) < 4.78 is 10.9. The van der Waals surface area contributed by atoms with Gasteiger partial charge in [0.25, 0.3) is 0 Å². The van der Waals surface area contributed by atoms with Gasteiger partial charge in [-0.25, -0.2) is 0 Å². The molecule has 1 N–H and O–H groups in total. The average molecular weight is 291 g/mol. The van der Waals surface area contributed by atoms with Crippen molar-refractivity contribution in [3.8, 4) is 5.75 Å². The first kappa shape index (κ1) is 15.0. The van der Waals surface area contributed by atoms with Crippen LogP contribution in [0.15, 0.2) is 40.8 Å². The smallest absolute Gasteiger partial charge is 0.118 e. The van der Waals surface area contributed by atoms with Gasteiger partial charge in [-0.3, -0.25) is 0 Å². The minimum Gasteiger partial charge on any atom is -0.497 e. The van der Waals surface area contributed by atoms with Gasteiger partial charge in [0.15, 0.2) is 0 Å². The van der Waals surface area contributed by atoms with Gasteiger partial charge in [0.2, 0.25) is 0 Å². The summed E-state index contributed by atoms with van der Waals surface area (Å²) in [7, 11) is 1.68. The molecule has 1 heterocycles. The van der Waals surface area contributed by atoms with Crippen LogP contribution in [0.25, 0.3) is 0 Å². The van der Waals surface area contributed by atoms with Gasteiger partial charge >= 0.3 is 0 Å². The van der Waals surface area contributed by atoms with Gasteiger partial charge in [0, 0.05) is 6.04 Å². The summed E-state index contributed by atoms with van der Waals surface area (Å²) in [6.07, 6.45) is 2.08. The van der Waals surface area contributed by atoms with Gasteiger partial charge in [-0.1, -0.05) is 12.1 Å². The molecule has 1 aromatic heterocycles. The summed E-state index contributed by atoms with van der Waals surface area (Å²) in [4.78, 5) is 0. The third-order valence-electron chi connectivity index (χ3n) is 3.20. The lowest BCUT2D eigenvalue weighted by Crippen LogP contribution is -2.17. The number of hydrogen-bond acceptors (Lipinski definition) is 4. The minimum absolute atomic E-state index is 0.273. The van der Waals surface area contributed by atoms with Crippen LogP contribution >= 0.6 is 11.8 Å². The highest BCUT2D eigenvalue weighted by Gasteiger charge is 2.07. The van der Waals surface area contributed by atoms with E-state index < -0.39 is 0 Å². The van der Waals surface area contributed by atoms with Crippen molar-refractivity contribution in [1.82, 2.24) is 5.32 Å². The van der Waals surface area contributed by atoms with Crippen molar-refractivity contribution in [3.63, 3.8) is 0 Å². The average Bonchev–Trinajstić information content (AvgIpc) is 2.93. The van der Waals surface area contributed by atoms with Crippen molar-refractivity contribution < 1.29 is 9.15 Å². The molecule has 0 spiro atoms. The molecule has 1 aromatic carbocycles. The van der Waals surface area contributed by atoms with Gasteiger partial charge in [0.05, 0.1) is 19.4 Å². The van der Waals surface area contributed by atoms with Gasteiger partial charge in [0.1, 0.15) is 17.3 Å². The van der Waals surface area contributed by atoms with Crippen LogP contribution in [0.4, 0.5) is 0 Å². The molecule has 0 aliphatic carbocycles. The van der Waals surface area contributed by atoms with Crippen LogP contribution in [0.5, 0.6) is 5.75 Å². The molecule has 2 rings (SSSR count). The number of ether oxygens (including phenoxy) is 1. The van der Waals surface area contributed by atoms with E-state index in [0.717, 1.165) is 29.6 Å². The number of thioether (sulfide) groups is 1. The molecule has 0 aliphatic heterocycles.